The van der Waals surface area contributed by atoms with E-state index >= 15 is 0 Å². The van der Waals surface area contributed by atoms with E-state index in [1.165, 1.54) is 0 Å². The molecule has 0 spiro atoms. The van der Waals surface area contributed by atoms with Gasteiger partial charge in [0.15, 0.2) is 0 Å². The van der Waals surface area contributed by atoms with Crippen LogP contribution in [0.1, 0.15) is 12.0 Å². The molecule has 23 heavy (non-hydrogen) atoms. The van der Waals surface area contributed by atoms with Crippen molar-refractivity contribution in [1.82, 2.24) is 4.90 Å². The number of likely N-dealkylation sites (tertiary alicyclic amines) is 1. The van der Waals surface area contributed by atoms with Crippen LogP contribution in [0, 0.1) is 5.92 Å². The largest absolute Gasteiger partial charge is 0.445 e. The van der Waals surface area contributed by atoms with Gasteiger partial charge in [-0.05, 0) is 5.56 Å². The molecule has 1 atom stereocenters. The summed E-state index contributed by atoms with van der Waals surface area (Å²) in [7, 11) is 0. The summed E-state index contributed by atoms with van der Waals surface area (Å²) in [6, 6.07) is 8.81. The maximum Gasteiger partial charge on any atom is 0.410 e. The van der Waals surface area contributed by atoms with Gasteiger partial charge in [0.05, 0.1) is 12.5 Å². The van der Waals surface area contributed by atoms with Crippen LogP contribution in [-0.4, -0.2) is 46.8 Å². The van der Waals surface area contributed by atoms with Gasteiger partial charge in [-0.2, -0.15) is 4.79 Å². The fourth-order valence-electron chi connectivity index (χ4n) is 2.40. The molecular formula is C15H15F2N3O3. The monoisotopic (exact) mass is 323 g/mol. The van der Waals surface area contributed by atoms with Gasteiger partial charge in [0.1, 0.15) is 6.61 Å². The predicted molar refractivity (Wildman–Crippen MR) is 75.9 cm³/mol. The highest BCUT2D eigenvalue weighted by Crippen LogP contribution is 2.31. The number of nitrogens with zero attached hydrogens (tertiary/aromatic N) is 3. The van der Waals surface area contributed by atoms with Gasteiger partial charge < -0.3 is 15.2 Å². The van der Waals surface area contributed by atoms with Gasteiger partial charge in [-0.3, -0.25) is 4.79 Å². The lowest BCUT2D eigenvalue weighted by atomic mass is 9.92. The zero-order valence-electron chi connectivity index (χ0n) is 12.2. The molecule has 0 N–H and O–H groups in total. The Morgan fingerprint density at radius 3 is 2.74 bits per heavy atom. The Bertz CT molecular complexity index is 630. The number of hydrogen-bond acceptors (Lipinski definition) is 3. The first-order valence-electron chi connectivity index (χ1n) is 6.96. The first-order chi connectivity index (χ1) is 10.9. The molecule has 2 rings (SSSR count). The molecule has 6 nitrogen and oxygen atoms in total. The minimum Gasteiger partial charge on any atom is -0.445 e. The van der Waals surface area contributed by atoms with Crippen LogP contribution in [0.25, 0.3) is 5.53 Å². The Morgan fingerprint density at radius 1 is 1.39 bits per heavy atom. The Hall–Kier alpha value is -2.60. The SMILES string of the molecule is [N-]=[N+]=CC(=O)C1CN(C(=O)OCc2ccccc2)CC(F)(F)C1. The van der Waals surface area contributed by atoms with E-state index in [-0.39, 0.29) is 13.2 Å². The van der Waals surface area contributed by atoms with Crippen LogP contribution in [0.2, 0.25) is 0 Å². The van der Waals surface area contributed by atoms with Crippen LogP contribution in [0.5, 0.6) is 0 Å². The van der Waals surface area contributed by atoms with Crippen molar-refractivity contribution >= 4 is 18.1 Å². The number of alkyl halides is 2. The Balaban J connectivity index is 2.00. The van der Waals surface area contributed by atoms with Crippen molar-refractivity contribution in [3.8, 4) is 0 Å². The van der Waals surface area contributed by atoms with E-state index in [0.717, 1.165) is 10.5 Å². The second kappa shape index (κ2) is 7.11. The van der Waals surface area contributed by atoms with Crippen molar-refractivity contribution in [3.05, 3.63) is 41.4 Å². The number of carbonyl (C=O) groups excluding carboxylic acids is 2. The molecule has 0 bridgehead atoms. The Morgan fingerprint density at radius 2 is 2.09 bits per heavy atom. The standard InChI is InChI=1S/C15H15F2N3O3/c16-15(17)6-12(13(21)7-19-18)8-20(10-15)14(22)23-9-11-4-2-1-3-5-11/h1-5,7,12H,6,8-10H2. The summed E-state index contributed by atoms with van der Waals surface area (Å²) in [5.41, 5.74) is 9.07. The van der Waals surface area contributed by atoms with Gasteiger partial charge in [-0.15, -0.1) is 0 Å². The van der Waals surface area contributed by atoms with Crippen molar-refractivity contribution in [1.29, 1.82) is 0 Å². The number of Topliss-reactive ketones (excluding diaryl/α,β-unsaturated/α-hetero) is 1. The third kappa shape index (κ3) is 4.69. The normalized spacial score (nSPS) is 19.6. The van der Waals surface area contributed by atoms with Crippen LogP contribution in [0.4, 0.5) is 13.6 Å². The minimum atomic E-state index is -3.20. The van der Waals surface area contributed by atoms with Gasteiger partial charge in [0.2, 0.25) is 5.78 Å². The fraction of sp³-hybridized carbons (Fsp3) is 0.400. The van der Waals surface area contributed by atoms with Crippen LogP contribution in [-0.2, 0) is 16.1 Å². The molecule has 8 heteroatoms. The van der Waals surface area contributed by atoms with E-state index in [9.17, 15) is 18.4 Å². The molecule has 1 fully saturated rings. The van der Waals surface area contributed by atoms with Gasteiger partial charge in [0, 0.05) is 13.0 Å². The molecule has 122 valence electrons. The summed E-state index contributed by atoms with van der Waals surface area (Å²) in [6.07, 6.45) is -1.04. The lowest BCUT2D eigenvalue weighted by Gasteiger charge is -2.35. The average molecular weight is 323 g/mol. The van der Waals surface area contributed by atoms with Crippen LogP contribution >= 0.6 is 0 Å². The number of amides is 1. The molecule has 1 aliphatic heterocycles. The first-order valence-corrected chi connectivity index (χ1v) is 6.96. The zero-order valence-corrected chi connectivity index (χ0v) is 12.2. The van der Waals surface area contributed by atoms with Crippen molar-refractivity contribution in [2.24, 2.45) is 5.92 Å². The Labute approximate surface area is 131 Å². The molecule has 1 saturated heterocycles. The summed E-state index contributed by atoms with van der Waals surface area (Å²) < 4.78 is 32.4. The van der Waals surface area contributed by atoms with E-state index < -0.39 is 36.7 Å². The summed E-state index contributed by atoms with van der Waals surface area (Å²) in [5.74, 6) is -5.08. The number of piperidine rings is 1. The number of rotatable bonds is 4. The summed E-state index contributed by atoms with van der Waals surface area (Å²) in [6.45, 7) is -1.05. The maximum atomic E-state index is 13.7. The lowest BCUT2D eigenvalue weighted by Crippen LogP contribution is -2.51. The minimum absolute atomic E-state index is 0.0432. The molecule has 1 aromatic carbocycles. The zero-order chi connectivity index (χ0) is 16.9. The first kappa shape index (κ1) is 16.8. The van der Waals surface area contributed by atoms with Gasteiger partial charge >= 0.3 is 12.3 Å². The van der Waals surface area contributed by atoms with Gasteiger partial charge in [-0.25, -0.2) is 13.6 Å². The summed E-state index contributed by atoms with van der Waals surface area (Å²) in [5, 5.41) is 0. The number of ketones is 1. The third-order valence-electron chi connectivity index (χ3n) is 3.46. The quantitative estimate of drug-likeness (QED) is 0.483. The van der Waals surface area contributed by atoms with E-state index in [1.807, 2.05) is 0 Å². The molecule has 0 aromatic heterocycles. The smallest absolute Gasteiger partial charge is 0.410 e. The average Bonchev–Trinajstić information content (AvgIpc) is 2.52. The van der Waals surface area contributed by atoms with Crippen molar-refractivity contribution in [2.75, 3.05) is 13.1 Å². The van der Waals surface area contributed by atoms with Gasteiger partial charge in [-0.1, -0.05) is 30.3 Å². The van der Waals surface area contributed by atoms with E-state index in [2.05, 4.69) is 4.79 Å². The number of hydrogen-bond donors (Lipinski definition) is 0. The lowest BCUT2D eigenvalue weighted by molar-refractivity contribution is -0.130. The Kier molecular flexibility index (Phi) is 5.18. The summed E-state index contributed by atoms with van der Waals surface area (Å²) >= 11 is 0. The molecule has 0 aliphatic carbocycles. The van der Waals surface area contributed by atoms with Gasteiger partial charge in [0.25, 0.3) is 5.92 Å². The van der Waals surface area contributed by atoms with Crippen molar-refractivity contribution < 1.29 is 27.9 Å². The molecule has 1 unspecified atom stereocenters. The fourth-order valence-corrected chi connectivity index (χ4v) is 2.40. The highest BCUT2D eigenvalue weighted by molar-refractivity contribution is 6.26. The summed E-state index contributed by atoms with van der Waals surface area (Å²) in [4.78, 5) is 26.9. The third-order valence-corrected chi connectivity index (χ3v) is 3.46. The molecule has 0 saturated carbocycles. The van der Waals surface area contributed by atoms with Crippen LogP contribution in [0.3, 0.4) is 0 Å². The number of ether oxygens (including phenoxy) is 1. The number of halogens is 2. The second-order valence-corrected chi connectivity index (χ2v) is 5.32. The molecule has 1 amide bonds. The number of benzene rings is 1. The molecule has 1 aromatic rings. The predicted octanol–water partition coefficient (Wildman–Crippen LogP) is 2.15. The molecule has 1 heterocycles. The van der Waals surface area contributed by atoms with Crippen LogP contribution in [0.15, 0.2) is 30.3 Å². The highest BCUT2D eigenvalue weighted by Gasteiger charge is 2.45. The molecular weight excluding hydrogens is 308 g/mol. The van der Waals surface area contributed by atoms with E-state index in [0.29, 0.717) is 6.21 Å². The number of carbonyl (C=O) groups is 2. The van der Waals surface area contributed by atoms with Crippen LogP contribution < -0.4 is 0 Å². The molecule has 1 aliphatic rings. The van der Waals surface area contributed by atoms with Crippen molar-refractivity contribution in [3.63, 3.8) is 0 Å². The van der Waals surface area contributed by atoms with Crippen molar-refractivity contribution in [2.45, 2.75) is 19.0 Å². The topological polar surface area (TPSA) is 83.0 Å². The molecule has 0 radical (unpaired) electrons. The maximum absolute atomic E-state index is 13.7. The van der Waals surface area contributed by atoms with E-state index in [4.69, 9.17) is 10.3 Å². The second-order valence-electron chi connectivity index (χ2n) is 5.32. The highest BCUT2D eigenvalue weighted by atomic mass is 19.3. The van der Waals surface area contributed by atoms with E-state index in [1.54, 1.807) is 30.3 Å².